The summed E-state index contributed by atoms with van der Waals surface area (Å²) >= 11 is 0. The molecule has 0 aliphatic rings. The average molecular weight is 286 g/mol. The predicted octanol–water partition coefficient (Wildman–Crippen LogP) is 3.75. The van der Waals surface area contributed by atoms with E-state index in [1.807, 2.05) is 38.1 Å². The van der Waals surface area contributed by atoms with Crippen LogP contribution in [0, 0.1) is 6.92 Å². The van der Waals surface area contributed by atoms with Gasteiger partial charge >= 0.3 is 0 Å². The maximum Gasteiger partial charge on any atom is 0.142 e. The van der Waals surface area contributed by atoms with Gasteiger partial charge in [0.2, 0.25) is 0 Å². The molecule has 0 spiro atoms. The van der Waals surface area contributed by atoms with Crippen molar-refractivity contribution in [2.75, 3.05) is 23.8 Å². The number of anilines is 3. The maximum atomic E-state index is 5.62. The molecule has 2 N–H and O–H groups in total. The van der Waals surface area contributed by atoms with Crippen LogP contribution in [0.2, 0.25) is 0 Å². The van der Waals surface area contributed by atoms with E-state index in [0.717, 1.165) is 41.6 Å². The SMILES string of the molecule is CCCNc1ncnc(Nc2ccccc2OCC)c1C. The van der Waals surface area contributed by atoms with Gasteiger partial charge in [-0.15, -0.1) is 0 Å². The first-order chi connectivity index (χ1) is 10.3. The zero-order valence-electron chi connectivity index (χ0n) is 12.8. The second kappa shape index (κ2) is 7.47. The van der Waals surface area contributed by atoms with Gasteiger partial charge in [-0.3, -0.25) is 0 Å². The third-order valence-corrected chi connectivity index (χ3v) is 3.07. The van der Waals surface area contributed by atoms with Crippen molar-refractivity contribution in [3.05, 3.63) is 36.2 Å². The van der Waals surface area contributed by atoms with Crippen molar-refractivity contribution < 1.29 is 4.74 Å². The van der Waals surface area contributed by atoms with Crippen LogP contribution in [0.3, 0.4) is 0 Å². The van der Waals surface area contributed by atoms with E-state index >= 15 is 0 Å². The Labute approximate surface area is 125 Å². The molecule has 5 heteroatoms. The molecule has 0 unspecified atom stereocenters. The summed E-state index contributed by atoms with van der Waals surface area (Å²) in [5.41, 5.74) is 1.90. The van der Waals surface area contributed by atoms with E-state index in [1.54, 1.807) is 6.33 Å². The summed E-state index contributed by atoms with van der Waals surface area (Å²) in [7, 11) is 0. The molecule has 112 valence electrons. The van der Waals surface area contributed by atoms with E-state index < -0.39 is 0 Å². The molecule has 1 heterocycles. The van der Waals surface area contributed by atoms with Gasteiger partial charge in [0.05, 0.1) is 12.3 Å². The molecule has 0 amide bonds. The lowest BCUT2D eigenvalue weighted by Crippen LogP contribution is -2.07. The molecule has 2 rings (SSSR count). The van der Waals surface area contributed by atoms with E-state index in [9.17, 15) is 0 Å². The Morgan fingerprint density at radius 1 is 1.10 bits per heavy atom. The van der Waals surface area contributed by atoms with Gasteiger partial charge in [0.25, 0.3) is 0 Å². The number of nitrogens with one attached hydrogen (secondary N) is 2. The molecular weight excluding hydrogens is 264 g/mol. The molecule has 0 bridgehead atoms. The standard InChI is InChI=1S/C16H22N4O/c1-4-10-17-15-12(3)16(19-11-18-15)20-13-8-6-7-9-14(13)21-5-2/h6-9,11H,4-5,10H2,1-3H3,(H2,17,18,19,20). The number of para-hydroxylation sites is 2. The van der Waals surface area contributed by atoms with Crippen molar-refractivity contribution in [1.82, 2.24) is 9.97 Å². The minimum absolute atomic E-state index is 0.630. The van der Waals surface area contributed by atoms with Gasteiger partial charge < -0.3 is 15.4 Å². The van der Waals surface area contributed by atoms with Crippen LogP contribution in [0.4, 0.5) is 17.3 Å². The molecular formula is C16H22N4O. The van der Waals surface area contributed by atoms with Crippen LogP contribution >= 0.6 is 0 Å². The lowest BCUT2D eigenvalue weighted by Gasteiger charge is -2.15. The fraction of sp³-hybridized carbons (Fsp3) is 0.375. The largest absolute Gasteiger partial charge is 0.492 e. The van der Waals surface area contributed by atoms with Crippen LogP contribution < -0.4 is 15.4 Å². The molecule has 1 aromatic heterocycles. The number of hydrogen-bond donors (Lipinski definition) is 2. The summed E-state index contributed by atoms with van der Waals surface area (Å²) in [5.74, 6) is 2.47. The van der Waals surface area contributed by atoms with Crippen LogP contribution in [-0.4, -0.2) is 23.1 Å². The lowest BCUT2D eigenvalue weighted by atomic mass is 10.2. The van der Waals surface area contributed by atoms with E-state index in [1.165, 1.54) is 0 Å². The van der Waals surface area contributed by atoms with Crippen LogP contribution in [0.15, 0.2) is 30.6 Å². The number of benzene rings is 1. The molecule has 0 fully saturated rings. The Morgan fingerprint density at radius 3 is 2.62 bits per heavy atom. The molecule has 0 aliphatic heterocycles. The highest BCUT2D eigenvalue weighted by atomic mass is 16.5. The average Bonchev–Trinajstić information content (AvgIpc) is 2.50. The smallest absolute Gasteiger partial charge is 0.142 e. The minimum Gasteiger partial charge on any atom is -0.492 e. The first kappa shape index (κ1) is 15.1. The van der Waals surface area contributed by atoms with Gasteiger partial charge in [0, 0.05) is 12.1 Å². The zero-order chi connectivity index (χ0) is 15.1. The predicted molar refractivity (Wildman–Crippen MR) is 86.4 cm³/mol. The highest BCUT2D eigenvalue weighted by molar-refractivity contribution is 5.68. The Bertz CT molecular complexity index is 586. The van der Waals surface area contributed by atoms with Crippen molar-refractivity contribution in [2.45, 2.75) is 27.2 Å². The lowest BCUT2D eigenvalue weighted by molar-refractivity contribution is 0.342. The van der Waals surface area contributed by atoms with E-state index in [2.05, 4.69) is 27.5 Å². The highest BCUT2D eigenvalue weighted by Gasteiger charge is 2.09. The number of hydrogen-bond acceptors (Lipinski definition) is 5. The topological polar surface area (TPSA) is 59.1 Å². The summed E-state index contributed by atoms with van der Waals surface area (Å²) in [5, 5.41) is 6.63. The number of nitrogens with zero attached hydrogens (tertiary/aromatic N) is 2. The quantitative estimate of drug-likeness (QED) is 0.811. The van der Waals surface area contributed by atoms with Gasteiger partial charge in [0.1, 0.15) is 23.7 Å². The van der Waals surface area contributed by atoms with Crippen molar-refractivity contribution in [2.24, 2.45) is 0 Å². The Balaban J connectivity index is 2.23. The molecule has 1 aromatic carbocycles. The van der Waals surface area contributed by atoms with E-state index in [-0.39, 0.29) is 0 Å². The summed E-state index contributed by atoms with van der Waals surface area (Å²) in [6.07, 6.45) is 2.62. The molecule has 0 aliphatic carbocycles. The third kappa shape index (κ3) is 3.84. The molecule has 2 aromatic rings. The highest BCUT2D eigenvalue weighted by Crippen LogP contribution is 2.29. The van der Waals surface area contributed by atoms with Crippen LogP contribution in [0.25, 0.3) is 0 Å². The second-order valence-corrected chi connectivity index (χ2v) is 4.68. The van der Waals surface area contributed by atoms with Gasteiger partial charge in [-0.2, -0.15) is 0 Å². The van der Waals surface area contributed by atoms with E-state index in [4.69, 9.17) is 4.74 Å². The summed E-state index contributed by atoms with van der Waals surface area (Å²) < 4.78 is 5.62. The number of aromatic nitrogens is 2. The Kier molecular flexibility index (Phi) is 5.37. The zero-order valence-corrected chi connectivity index (χ0v) is 12.8. The molecule has 0 radical (unpaired) electrons. The first-order valence-electron chi connectivity index (χ1n) is 7.30. The summed E-state index contributed by atoms with van der Waals surface area (Å²) in [6.45, 7) is 7.63. The van der Waals surface area contributed by atoms with Crippen LogP contribution in [-0.2, 0) is 0 Å². The number of ether oxygens (including phenoxy) is 1. The van der Waals surface area contributed by atoms with Gasteiger partial charge in [-0.1, -0.05) is 19.1 Å². The number of rotatable bonds is 7. The van der Waals surface area contributed by atoms with Crippen molar-refractivity contribution in [1.29, 1.82) is 0 Å². The Hall–Kier alpha value is -2.30. The van der Waals surface area contributed by atoms with Crippen LogP contribution in [0.1, 0.15) is 25.8 Å². The molecule has 0 saturated heterocycles. The second-order valence-electron chi connectivity index (χ2n) is 4.68. The monoisotopic (exact) mass is 286 g/mol. The van der Waals surface area contributed by atoms with Crippen molar-refractivity contribution in [3.8, 4) is 5.75 Å². The molecule has 21 heavy (non-hydrogen) atoms. The normalized spacial score (nSPS) is 10.2. The first-order valence-corrected chi connectivity index (χ1v) is 7.30. The van der Waals surface area contributed by atoms with Gasteiger partial charge in [-0.05, 0) is 32.4 Å². The summed E-state index contributed by atoms with van der Waals surface area (Å²) in [4.78, 5) is 8.61. The fourth-order valence-corrected chi connectivity index (χ4v) is 1.98. The molecule has 0 saturated carbocycles. The Morgan fingerprint density at radius 2 is 1.86 bits per heavy atom. The third-order valence-electron chi connectivity index (χ3n) is 3.07. The fourth-order valence-electron chi connectivity index (χ4n) is 1.98. The molecule has 0 atom stereocenters. The van der Waals surface area contributed by atoms with Gasteiger partial charge in [-0.25, -0.2) is 9.97 Å². The van der Waals surface area contributed by atoms with Crippen molar-refractivity contribution in [3.63, 3.8) is 0 Å². The molecule has 5 nitrogen and oxygen atoms in total. The van der Waals surface area contributed by atoms with E-state index in [0.29, 0.717) is 6.61 Å². The maximum absolute atomic E-state index is 5.62. The summed E-state index contributed by atoms with van der Waals surface area (Å²) in [6, 6.07) is 7.85. The van der Waals surface area contributed by atoms with Crippen LogP contribution in [0.5, 0.6) is 5.75 Å². The minimum atomic E-state index is 0.630. The van der Waals surface area contributed by atoms with Crippen molar-refractivity contribution >= 4 is 17.3 Å². The van der Waals surface area contributed by atoms with Gasteiger partial charge in [0.15, 0.2) is 0 Å².